The van der Waals surface area contributed by atoms with E-state index in [4.69, 9.17) is 4.74 Å². The molecule has 0 spiro atoms. The Hall–Kier alpha value is -3.21. The summed E-state index contributed by atoms with van der Waals surface area (Å²) in [5.41, 5.74) is 4.39. The Balaban J connectivity index is 1.82. The smallest absolute Gasteiger partial charge is 0.276 e. The van der Waals surface area contributed by atoms with Crippen LogP contribution in [0.25, 0.3) is 11.3 Å². The summed E-state index contributed by atoms with van der Waals surface area (Å²) in [5, 5.41) is 11.2. The van der Waals surface area contributed by atoms with Crippen molar-refractivity contribution in [3.63, 3.8) is 0 Å². The summed E-state index contributed by atoms with van der Waals surface area (Å²) < 4.78 is 5.86. The first-order chi connectivity index (χ1) is 12.1. The molecule has 0 aliphatic rings. The number of ether oxygens (including phenoxy) is 1. The topological polar surface area (TPSA) is 65.3 Å². The Kier molecular flexibility index (Phi) is 4.75. The lowest BCUT2D eigenvalue weighted by atomic mass is 10.1. The van der Waals surface area contributed by atoms with Crippen molar-refractivity contribution < 1.29 is 9.66 Å². The quantitative estimate of drug-likeness (QED) is 0.494. The average molecular weight is 334 g/mol. The molecule has 1 heterocycles. The summed E-state index contributed by atoms with van der Waals surface area (Å²) in [4.78, 5) is 15.2. The molecular weight excluding hydrogens is 316 g/mol. The third-order valence-corrected chi connectivity index (χ3v) is 4.09. The highest BCUT2D eigenvalue weighted by Crippen LogP contribution is 2.28. The van der Waals surface area contributed by atoms with Gasteiger partial charge in [-0.2, -0.15) is 0 Å². The number of nitro benzene ring substituents is 1. The summed E-state index contributed by atoms with van der Waals surface area (Å²) in [6.07, 6.45) is 1.76. The van der Waals surface area contributed by atoms with E-state index in [2.05, 4.69) is 4.98 Å². The molecule has 5 nitrogen and oxygen atoms in total. The van der Waals surface area contributed by atoms with Crippen LogP contribution in [0.3, 0.4) is 0 Å². The second-order valence-electron chi connectivity index (χ2n) is 5.81. The molecule has 3 aromatic rings. The lowest BCUT2D eigenvalue weighted by Crippen LogP contribution is -2.03. The molecule has 0 aliphatic carbocycles. The number of pyridine rings is 1. The third kappa shape index (κ3) is 3.66. The molecule has 2 aromatic carbocycles. The molecule has 0 amide bonds. The first kappa shape index (κ1) is 16.6. The molecule has 3 rings (SSSR count). The Bertz CT molecular complexity index is 908. The van der Waals surface area contributed by atoms with Crippen LogP contribution in [0.5, 0.6) is 5.75 Å². The molecule has 126 valence electrons. The van der Waals surface area contributed by atoms with E-state index >= 15 is 0 Å². The van der Waals surface area contributed by atoms with Crippen LogP contribution in [0.15, 0.2) is 60.8 Å². The largest absolute Gasteiger partial charge is 0.488 e. The normalized spacial score (nSPS) is 10.5. The predicted octanol–water partition coefficient (Wildman–Crippen LogP) is 4.85. The maximum atomic E-state index is 11.2. The zero-order valence-electron chi connectivity index (χ0n) is 14.1. The van der Waals surface area contributed by atoms with Gasteiger partial charge < -0.3 is 4.74 Å². The lowest BCUT2D eigenvalue weighted by molar-refractivity contribution is -0.385. The van der Waals surface area contributed by atoms with E-state index in [1.165, 1.54) is 6.07 Å². The van der Waals surface area contributed by atoms with E-state index in [0.717, 1.165) is 22.4 Å². The van der Waals surface area contributed by atoms with Crippen LogP contribution < -0.4 is 4.74 Å². The van der Waals surface area contributed by atoms with Gasteiger partial charge in [0.2, 0.25) is 0 Å². The van der Waals surface area contributed by atoms with Crippen molar-refractivity contribution in [2.75, 3.05) is 0 Å². The molecule has 0 atom stereocenters. The fourth-order valence-corrected chi connectivity index (χ4v) is 2.70. The molecule has 0 N–H and O–H groups in total. The lowest BCUT2D eigenvalue weighted by Gasteiger charge is -2.12. The zero-order valence-corrected chi connectivity index (χ0v) is 14.1. The minimum Gasteiger partial charge on any atom is -0.488 e. The summed E-state index contributed by atoms with van der Waals surface area (Å²) in [6.45, 7) is 3.96. The second kappa shape index (κ2) is 7.13. The Morgan fingerprint density at radius 3 is 2.56 bits per heavy atom. The number of hydrogen-bond donors (Lipinski definition) is 0. The van der Waals surface area contributed by atoms with Gasteiger partial charge in [0.1, 0.15) is 12.4 Å². The van der Waals surface area contributed by atoms with E-state index in [9.17, 15) is 10.1 Å². The van der Waals surface area contributed by atoms with Crippen LogP contribution in [0.4, 0.5) is 5.69 Å². The molecule has 5 heteroatoms. The summed E-state index contributed by atoms with van der Waals surface area (Å²) in [5.74, 6) is 0.706. The summed E-state index contributed by atoms with van der Waals surface area (Å²) in [7, 11) is 0. The standard InChI is InChI=1S/C20H18N2O3/c1-14-6-5-8-19(22(23)24)17(14)13-25-20-10-9-16(12-15(20)2)18-7-3-4-11-21-18/h3-12H,13H2,1-2H3. The molecule has 1 aromatic heterocycles. The fourth-order valence-electron chi connectivity index (χ4n) is 2.70. The monoisotopic (exact) mass is 334 g/mol. The average Bonchev–Trinajstić information content (AvgIpc) is 2.62. The maximum absolute atomic E-state index is 11.2. The molecule has 0 saturated heterocycles. The van der Waals surface area contributed by atoms with Crippen LogP contribution in [-0.2, 0) is 6.61 Å². The third-order valence-electron chi connectivity index (χ3n) is 4.09. The molecule has 0 radical (unpaired) electrons. The molecule has 0 saturated carbocycles. The zero-order chi connectivity index (χ0) is 17.8. The van der Waals surface area contributed by atoms with E-state index in [1.807, 2.05) is 56.3 Å². The highest BCUT2D eigenvalue weighted by molar-refractivity contribution is 5.61. The number of hydrogen-bond acceptors (Lipinski definition) is 4. The van der Waals surface area contributed by atoms with Gasteiger partial charge in [-0.1, -0.05) is 18.2 Å². The molecule has 0 unspecified atom stereocenters. The van der Waals surface area contributed by atoms with E-state index < -0.39 is 0 Å². The van der Waals surface area contributed by atoms with Crippen LogP contribution in [0.1, 0.15) is 16.7 Å². The Morgan fingerprint density at radius 1 is 1.04 bits per heavy atom. The van der Waals surface area contributed by atoms with Gasteiger partial charge in [0.15, 0.2) is 0 Å². The van der Waals surface area contributed by atoms with E-state index in [-0.39, 0.29) is 17.2 Å². The van der Waals surface area contributed by atoms with Gasteiger partial charge in [0, 0.05) is 17.8 Å². The van der Waals surface area contributed by atoms with Crippen molar-refractivity contribution in [1.29, 1.82) is 0 Å². The van der Waals surface area contributed by atoms with Crippen molar-refractivity contribution in [3.05, 3.63) is 87.6 Å². The second-order valence-corrected chi connectivity index (χ2v) is 5.81. The summed E-state index contributed by atoms with van der Waals surface area (Å²) >= 11 is 0. The van der Waals surface area contributed by atoms with Gasteiger partial charge in [0.25, 0.3) is 5.69 Å². The van der Waals surface area contributed by atoms with Gasteiger partial charge in [-0.05, 0) is 55.3 Å². The van der Waals surface area contributed by atoms with Gasteiger partial charge in [-0.15, -0.1) is 0 Å². The van der Waals surface area contributed by atoms with E-state index in [1.54, 1.807) is 12.3 Å². The fraction of sp³-hybridized carbons (Fsp3) is 0.150. The number of rotatable bonds is 5. The molecule has 25 heavy (non-hydrogen) atoms. The molecular formula is C20H18N2O3. The van der Waals surface area contributed by atoms with Crippen LogP contribution in [-0.4, -0.2) is 9.91 Å². The molecule has 0 fully saturated rings. The van der Waals surface area contributed by atoms with Crippen molar-refractivity contribution in [2.45, 2.75) is 20.5 Å². The van der Waals surface area contributed by atoms with E-state index in [0.29, 0.717) is 11.3 Å². The number of aryl methyl sites for hydroxylation is 2. The van der Waals surface area contributed by atoms with Crippen molar-refractivity contribution in [1.82, 2.24) is 4.98 Å². The first-order valence-electron chi connectivity index (χ1n) is 7.94. The number of nitro groups is 1. The van der Waals surface area contributed by atoms with Crippen molar-refractivity contribution in [2.24, 2.45) is 0 Å². The summed E-state index contributed by atoms with van der Waals surface area (Å²) in [6, 6.07) is 16.6. The van der Waals surface area contributed by atoms with Crippen LogP contribution in [0, 0.1) is 24.0 Å². The molecule has 0 bridgehead atoms. The van der Waals surface area contributed by atoms with Gasteiger partial charge in [0.05, 0.1) is 16.2 Å². The predicted molar refractivity (Wildman–Crippen MR) is 96.6 cm³/mol. The van der Waals surface area contributed by atoms with Gasteiger partial charge in [-0.3, -0.25) is 15.1 Å². The van der Waals surface area contributed by atoms with Crippen LogP contribution >= 0.6 is 0 Å². The van der Waals surface area contributed by atoms with Gasteiger partial charge in [-0.25, -0.2) is 0 Å². The number of benzene rings is 2. The highest BCUT2D eigenvalue weighted by Gasteiger charge is 2.16. The molecule has 0 aliphatic heterocycles. The maximum Gasteiger partial charge on any atom is 0.276 e. The minimum absolute atomic E-state index is 0.0859. The van der Waals surface area contributed by atoms with Crippen LogP contribution in [0.2, 0.25) is 0 Å². The van der Waals surface area contributed by atoms with Gasteiger partial charge >= 0.3 is 0 Å². The van der Waals surface area contributed by atoms with Crippen molar-refractivity contribution >= 4 is 5.69 Å². The van der Waals surface area contributed by atoms with Crippen molar-refractivity contribution in [3.8, 4) is 17.0 Å². The SMILES string of the molecule is Cc1cc(-c2ccccn2)ccc1OCc1c(C)cccc1[N+](=O)[O-]. The number of aromatic nitrogens is 1. The Labute approximate surface area is 146 Å². The highest BCUT2D eigenvalue weighted by atomic mass is 16.6. The minimum atomic E-state index is -0.372. The first-order valence-corrected chi connectivity index (χ1v) is 7.94. The number of nitrogens with zero attached hydrogens (tertiary/aromatic N) is 2. The Morgan fingerprint density at radius 2 is 1.88 bits per heavy atom.